The minimum Gasteiger partial charge on any atom is -0.441 e. The van der Waals surface area contributed by atoms with Crippen LogP contribution in [0.25, 0.3) is 11.5 Å². The van der Waals surface area contributed by atoms with Gasteiger partial charge in [-0.05, 0) is 51.4 Å². The van der Waals surface area contributed by atoms with Crippen LogP contribution in [0.4, 0.5) is 0 Å². The van der Waals surface area contributed by atoms with E-state index in [1.54, 1.807) is 0 Å². The summed E-state index contributed by atoms with van der Waals surface area (Å²) in [4.78, 5) is 7.22. The highest BCUT2D eigenvalue weighted by Crippen LogP contribution is 2.28. The van der Waals surface area contributed by atoms with Crippen LogP contribution in [-0.4, -0.2) is 44.5 Å². The zero-order chi connectivity index (χ0) is 19.5. The monoisotopic (exact) mass is 380 g/mol. The molecule has 0 saturated carbocycles. The molecule has 1 saturated heterocycles. The number of aliphatic hydroxyl groups excluding tert-OH is 1. The highest BCUT2D eigenvalue weighted by Gasteiger charge is 2.25. The van der Waals surface area contributed by atoms with Gasteiger partial charge in [-0.2, -0.15) is 5.10 Å². The SMILES string of the molecule is Cc1ccc(-c2nc(CN3CCCC(c4ccn(CCO)n4)C3)c(C)o2)cc1. The number of aliphatic hydroxyl groups is 1. The molecule has 3 heterocycles. The van der Waals surface area contributed by atoms with Crippen LogP contribution in [0.15, 0.2) is 40.9 Å². The van der Waals surface area contributed by atoms with E-state index in [4.69, 9.17) is 14.5 Å². The van der Waals surface area contributed by atoms with Crippen LogP contribution in [0.5, 0.6) is 0 Å². The van der Waals surface area contributed by atoms with Crippen LogP contribution in [-0.2, 0) is 13.1 Å². The molecule has 1 unspecified atom stereocenters. The molecule has 1 aliphatic rings. The number of benzene rings is 1. The molecule has 28 heavy (non-hydrogen) atoms. The van der Waals surface area contributed by atoms with Gasteiger partial charge in [-0.3, -0.25) is 9.58 Å². The Morgan fingerprint density at radius 2 is 2.00 bits per heavy atom. The van der Waals surface area contributed by atoms with Gasteiger partial charge in [0.05, 0.1) is 24.5 Å². The standard InChI is InChI=1S/C22H28N4O2/c1-16-5-7-18(8-6-16)22-23-21(17(2)28-22)15-25-10-3-4-19(14-25)20-9-11-26(24-20)12-13-27/h5-9,11,19,27H,3-4,10,12-15H2,1-2H3. The molecular formula is C22H28N4O2. The van der Waals surface area contributed by atoms with Gasteiger partial charge in [-0.15, -0.1) is 0 Å². The van der Waals surface area contributed by atoms with E-state index in [9.17, 15) is 0 Å². The van der Waals surface area contributed by atoms with E-state index >= 15 is 0 Å². The lowest BCUT2D eigenvalue weighted by molar-refractivity contribution is 0.195. The summed E-state index contributed by atoms with van der Waals surface area (Å²) in [6.07, 6.45) is 4.26. The maximum Gasteiger partial charge on any atom is 0.226 e. The molecule has 3 aromatic rings. The first-order valence-corrected chi connectivity index (χ1v) is 10.0. The third-order valence-corrected chi connectivity index (χ3v) is 5.48. The van der Waals surface area contributed by atoms with Crippen molar-refractivity contribution in [2.75, 3.05) is 19.7 Å². The number of hydrogen-bond donors (Lipinski definition) is 1. The van der Waals surface area contributed by atoms with Gasteiger partial charge in [0.25, 0.3) is 0 Å². The van der Waals surface area contributed by atoms with Gasteiger partial charge in [0, 0.05) is 30.8 Å². The van der Waals surface area contributed by atoms with Crippen molar-refractivity contribution in [3.8, 4) is 11.5 Å². The second-order valence-electron chi connectivity index (χ2n) is 7.69. The van der Waals surface area contributed by atoms with Crippen LogP contribution >= 0.6 is 0 Å². The predicted octanol–water partition coefficient (Wildman–Crippen LogP) is 3.53. The molecule has 4 rings (SSSR count). The Kier molecular flexibility index (Phi) is 5.59. The molecular weight excluding hydrogens is 352 g/mol. The zero-order valence-electron chi connectivity index (χ0n) is 16.6. The Labute approximate surface area is 165 Å². The van der Waals surface area contributed by atoms with Crippen molar-refractivity contribution in [3.05, 3.63) is 59.2 Å². The molecule has 1 fully saturated rings. The van der Waals surface area contributed by atoms with E-state index in [1.165, 1.54) is 5.56 Å². The number of oxazole rings is 1. The lowest BCUT2D eigenvalue weighted by atomic mass is 9.95. The van der Waals surface area contributed by atoms with Crippen molar-refractivity contribution >= 4 is 0 Å². The number of nitrogens with zero attached hydrogens (tertiary/aromatic N) is 4. The molecule has 0 radical (unpaired) electrons. The van der Waals surface area contributed by atoms with Gasteiger partial charge < -0.3 is 9.52 Å². The molecule has 1 aliphatic heterocycles. The average Bonchev–Trinajstić information content (AvgIpc) is 3.30. The summed E-state index contributed by atoms with van der Waals surface area (Å²) in [5, 5.41) is 13.7. The van der Waals surface area contributed by atoms with Gasteiger partial charge in [0.1, 0.15) is 5.76 Å². The fourth-order valence-electron chi connectivity index (χ4n) is 3.87. The number of aromatic nitrogens is 3. The first kappa shape index (κ1) is 18.9. The zero-order valence-corrected chi connectivity index (χ0v) is 16.6. The van der Waals surface area contributed by atoms with Gasteiger partial charge in [-0.1, -0.05) is 17.7 Å². The normalized spacial score (nSPS) is 17.9. The molecule has 1 N–H and O–H groups in total. The number of likely N-dealkylation sites (tertiary alicyclic amines) is 1. The minimum atomic E-state index is 0.118. The highest BCUT2D eigenvalue weighted by atomic mass is 16.4. The lowest BCUT2D eigenvalue weighted by Crippen LogP contribution is -2.34. The number of hydrogen-bond acceptors (Lipinski definition) is 5. The second kappa shape index (κ2) is 8.29. The average molecular weight is 380 g/mol. The van der Waals surface area contributed by atoms with Crippen molar-refractivity contribution in [2.45, 2.75) is 45.7 Å². The first-order chi connectivity index (χ1) is 13.6. The number of rotatable bonds is 6. The molecule has 6 nitrogen and oxygen atoms in total. The Morgan fingerprint density at radius 3 is 2.79 bits per heavy atom. The Bertz CT molecular complexity index is 913. The van der Waals surface area contributed by atoms with Gasteiger partial charge in [0.15, 0.2) is 0 Å². The third kappa shape index (κ3) is 4.18. The summed E-state index contributed by atoms with van der Waals surface area (Å²) in [7, 11) is 0. The smallest absolute Gasteiger partial charge is 0.226 e. The summed E-state index contributed by atoms with van der Waals surface area (Å²) < 4.78 is 7.77. The van der Waals surface area contributed by atoms with Crippen LogP contribution in [0, 0.1) is 13.8 Å². The Balaban J connectivity index is 1.44. The summed E-state index contributed by atoms with van der Waals surface area (Å²) in [5.41, 5.74) is 4.39. The topological polar surface area (TPSA) is 67.3 Å². The van der Waals surface area contributed by atoms with Crippen molar-refractivity contribution in [3.63, 3.8) is 0 Å². The van der Waals surface area contributed by atoms with Crippen molar-refractivity contribution in [2.24, 2.45) is 0 Å². The summed E-state index contributed by atoms with van der Waals surface area (Å²) >= 11 is 0. The molecule has 1 aromatic carbocycles. The van der Waals surface area contributed by atoms with Gasteiger partial charge in [-0.25, -0.2) is 4.98 Å². The lowest BCUT2D eigenvalue weighted by Gasteiger charge is -2.31. The highest BCUT2D eigenvalue weighted by molar-refractivity contribution is 5.54. The fraction of sp³-hybridized carbons (Fsp3) is 0.455. The Hall–Kier alpha value is -2.44. The van der Waals surface area contributed by atoms with Crippen LogP contribution in [0.2, 0.25) is 0 Å². The van der Waals surface area contributed by atoms with Crippen molar-refractivity contribution in [1.29, 1.82) is 0 Å². The molecule has 0 spiro atoms. The Morgan fingerprint density at radius 1 is 1.18 bits per heavy atom. The molecule has 0 amide bonds. The van der Waals surface area contributed by atoms with E-state index < -0.39 is 0 Å². The molecule has 0 bridgehead atoms. The summed E-state index contributed by atoms with van der Waals surface area (Å²) in [6.45, 7) is 7.59. The quantitative estimate of drug-likeness (QED) is 0.709. The fourth-order valence-corrected chi connectivity index (χ4v) is 3.87. The van der Waals surface area contributed by atoms with E-state index in [0.29, 0.717) is 18.4 Å². The largest absolute Gasteiger partial charge is 0.441 e. The van der Waals surface area contributed by atoms with Crippen LogP contribution in [0.1, 0.15) is 41.5 Å². The molecule has 1 atom stereocenters. The minimum absolute atomic E-state index is 0.118. The molecule has 6 heteroatoms. The predicted molar refractivity (Wildman–Crippen MR) is 108 cm³/mol. The van der Waals surface area contributed by atoms with Crippen LogP contribution in [0.3, 0.4) is 0 Å². The first-order valence-electron chi connectivity index (χ1n) is 10.0. The van der Waals surface area contributed by atoms with E-state index in [-0.39, 0.29) is 6.61 Å². The van der Waals surface area contributed by atoms with Crippen LogP contribution < -0.4 is 0 Å². The maximum absolute atomic E-state index is 9.08. The molecule has 148 valence electrons. The van der Waals surface area contributed by atoms with E-state index in [1.807, 2.05) is 17.8 Å². The maximum atomic E-state index is 9.08. The molecule has 2 aromatic heterocycles. The van der Waals surface area contributed by atoms with E-state index in [2.05, 4.69) is 47.3 Å². The van der Waals surface area contributed by atoms with E-state index in [0.717, 1.165) is 55.2 Å². The molecule has 0 aliphatic carbocycles. The van der Waals surface area contributed by atoms with Gasteiger partial charge in [0.2, 0.25) is 5.89 Å². The van der Waals surface area contributed by atoms with Crippen molar-refractivity contribution in [1.82, 2.24) is 19.7 Å². The number of aryl methyl sites for hydroxylation is 2. The van der Waals surface area contributed by atoms with Gasteiger partial charge >= 0.3 is 0 Å². The summed E-state index contributed by atoms with van der Waals surface area (Å²) in [6, 6.07) is 10.4. The summed E-state index contributed by atoms with van der Waals surface area (Å²) in [5.74, 6) is 2.02. The number of piperidine rings is 1. The van der Waals surface area contributed by atoms with Crippen molar-refractivity contribution < 1.29 is 9.52 Å². The second-order valence-corrected chi connectivity index (χ2v) is 7.69. The third-order valence-electron chi connectivity index (χ3n) is 5.48.